The molecule has 1 rings (SSSR count). The Morgan fingerprint density at radius 2 is 2.18 bits per heavy atom. The lowest BCUT2D eigenvalue weighted by atomic mass is 10.1. The predicted molar refractivity (Wildman–Crippen MR) is 60.3 cm³/mol. The van der Waals surface area contributed by atoms with Gasteiger partial charge in [0.25, 0.3) is 10.0 Å². The van der Waals surface area contributed by atoms with E-state index >= 15 is 0 Å². The van der Waals surface area contributed by atoms with E-state index in [-0.39, 0.29) is 11.0 Å². The van der Waals surface area contributed by atoms with E-state index in [1.165, 1.54) is 0 Å². The maximum absolute atomic E-state index is 11.7. The quantitative estimate of drug-likeness (QED) is 0.804. The van der Waals surface area contributed by atoms with Gasteiger partial charge in [-0.2, -0.15) is 0 Å². The van der Waals surface area contributed by atoms with Crippen LogP contribution in [0.2, 0.25) is 0 Å². The van der Waals surface area contributed by atoms with Crippen molar-refractivity contribution in [1.29, 1.82) is 0 Å². The Morgan fingerprint density at radius 1 is 1.53 bits per heavy atom. The summed E-state index contributed by atoms with van der Waals surface area (Å²) in [5, 5.41) is 8.23. The topological polar surface area (TPSA) is 96.6 Å². The van der Waals surface area contributed by atoms with E-state index in [2.05, 4.69) is 4.72 Å². The van der Waals surface area contributed by atoms with Crippen molar-refractivity contribution in [3.8, 4) is 0 Å². The number of carbonyl (C=O) groups is 1. The van der Waals surface area contributed by atoms with Crippen LogP contribution in [-0.4, -0.2) is 26.0 Å². The number of hydrogen-bond donors (Lipinski definition) is 2. The van der Waals surface area contributed by atoms with E-state index in [4.69, 9.17) is 9.52 Å². The Kier molecular flexibility index (Phi) is 4.30. The van der Waals surface area contributed by atoms with E-state index in [0.717, 1.165) is 18.6 Å². The van der Waals surface area contributed by atoms with Crippen LogP contribution in [0.1, 0.15) is 30.8 Å². The summed E-state index contributed by atoms with van der Waals surface area (Å²) in [6, 6.07) is 2.24. The first-order valence-corrected chi connectivity index (χ1v) is 6.68. The normalized spacial score (nSPS) is 13.5. The van der Waals surface area contributed by atoms with Crippen LogP contribution in [0.25, 0.3) is 0 Å². The van der Waals surface area contributed by atoms with E-state index < -0.39 is 21.8 Å². The van der Waals surface area contributed by atoms with Crippen molar-refractivity contribution < 1.29 is 22.7 Å². The Hall–Kier alpha value is -1.34. The molecule has 0 aliphatic rings. The number of furan rings is 1. The fourth-order valence-corrected chi connectivity index (χ4v) is 2.14. The lowest BCUT2D eigenvalue weighted by Gasteiger charge is -2.08. The third-order valence-electron chi connectivity index (χ3n) is 2.38. The van der Waals surface area contributed by atoms with Gasteiger partial charge < -0.3 is 9.52 Å². The maximum Gasteiger partial charge on any atom is 0.371 e. The van der Waals surface area contributed by atoms with Gasteiger partial charge in [-0.15, -0.1) is 0 Å². The van der Waals surface area contributed by atoms with Crippen molar-refractivity contribution in [3.63, 3.8) is 0 Å². The van der Waals surface area contributed by atoms with Gasteiger partial charge in [-0.05, 0) is 18.1 Å². The molecule has 0 bridgehead atoms. The molecule has 2 N–H and O–H groups in total. The average molecular weight is 261 g/mol. The van der Waals surface area contributed by atoms with Crippen molar-refractivity contribution in [2.45, 2.75) is 25.4 Å². The second-order valence-corrected chi connectivity index (χ2v) is 5.49. The van der Waals surface area contributed by atoms with Gasteiger partial charge in [0, 0.05) is 6.54 Å². The van der Waals surface area contributed by atoms with Gasteiger partial charge in [0.05, 0.1) is 0 Å². The SMILES string of the molecule is CCC(C)CNS(=O)(=O)c1ccc(C(=O)O)o1. The fraction of sp³-hybridized carbons (Fsp3) is 0.500. The molecule has 17 heavy (non-hydrogen) atoms. The largest absolute Gasteiger partial charge is 0.475 e. The van der Waals surface area contributed by atoms with E-state index in [1.54, 1.807) is 0 Å². The van der Waals surface area contributed by atoms with Gasteiger partial charge in [0.2, 0.25) is 10.9 Å². The number of sulfonamides is 1. The minimum Gasteiger partial charge on any atom is -0.475 e. The third kappa shape index (κ3) is 3.57. The van der Waals surface area contributed by atoms with Gasteiger partial charge in [-0.3, -0.25) is 0 Å². The molecule has 7 heteroatoms. The van der Waals surface area contributed by atoms with Crippen LogP contribution in [0.15, 0.2) is 21.6 Å². The number of carboxylic acid groups (broad SMARTS) is 1. The zero-order valence-corrected chi connectivity index (χ0v) is 10.5. The average Bonchev–Trinajstić information content (AvgIpc) is 2.76. The van der Waals surface area contributed by atoms with Gasteiger partial charge in [0.1, 0.15) is 0 Å². The first-order chi connectivity index (χ1) is 7.86. The molecule has 6 nitrogen and oxygen atoms in total. The van der Waals surface area contributed by atoms with E-state index in [0.29, 0.717) is 6.54 Å². The smallest absolute Gasteiger partial charge is 0.371 e. The highest BCUT2D eigenvalue weighted by Gasteiger charge is 2.21. The van der Waals surface area contributed by atoms with Gasteiger partial charge in [-0.1, -0.05) is 20.3 Å². The monoisotopic (exact) mass is 261 g/mol. The minimum atomic E-state index is -3.76. The second kappa shape index (κ2) is 5.33. The molecule has 96 valence electrons. The van der Waals surface area contributed by atoms with Crippen LogP contribution in [0.3, 0.4) is 0 Å². The summed E-state index contributed by atoms with van der Waals surface area (Å²) in [6.45, 7) is 4.16. The Balaban J connectivity index is 2.79. The van der Waals surface area contributed by atoms with E-state index in [9.17, 15) is 13.2 Å². The number of hydrogen-bond acceptors (Lipinski definition) is 4. The first-order valence-electron chi connectivity index (χ1n) is 5.19. The lowest BCUT2D eigenvalue weighted by molar-refractivity contribution is 0.0656. The Bertz CT molecular complexity index is 491. The highest BCUT2D eigenvalue weighted by atomic mass is 32.2. The summed E-state index contributed by atoms with van der Waals surface area (Å²) >= 11 is 0. The molecule has 1 aromatic heterocycles. The number of nitrogens with one attached hydrogen (secondary N) is 1. The molecule has 0 amide bonds. The van der Waals surface area contributed by atoms with Crippen molar-refractivity contribution in [2.24, 2.45) is 5.92 Å². The van der Waals surface area contributed by atoms with Crippen molar-refractivity contribution in [1.82, 2.24) is 4.72 Å². The minimum absolute atomic E-state index is 0.207. The Morgan fingerprint density at radius 3 is 2.65 bits per heavy atom. The van der Waals surface area contributed by atoms with Crippen molar-refractivity contribution >= 4 is 16.0 Å². The van der Waals surface area contributed by atoms with Crippen LogP contribution in [0, 0.1) is 5.92 Å². The zero-order valence-electron chi connectivity index (χ0n) is 9.63. The molecule has 0 aromatic carbocycles. The highest BCUT2D eigenvalue weighted by Crippen LogP contribution is 2.14. The molecule has 0 aliphatic heterocycles. The highest BCUT2D eigenvalue weighted by molar-refractivity contribution is 7.89. The summed E-state index contributed by atoms with van der Waals surface area (Å²) in [4.78, 5) is 10.5. The Labute approximate surface area is 99.7 Å². The van der Waals surface area contributed by atoms with Crippen LogP contribution in [0.4, 0.5) is 0 Å². The summed E-state index contributed by atoms with van der Waals surface area (Å²) in [5.41, 5.74) is 0. The van der Waals surface area contributed by atoms with Crippen LogP contribution in [0.5, 0.6) is 0 Å². The number of aromatic carboxylic acids is 1. The van der Waals surface area contributed by atoms with Crippen LogP contribution < -0.4 is 4.72 Å². The van der Waals surface area contributed by atoms with Crippen LogP contribution >= 0.6 is 0 Å². The summed E-state index contributed by atoms with van der Waals surface area (Å²) in [5.74, 6) is -1.49. The number of rotatable bonds is 6. The van der Waals surface area contributed by atoms with Crippen molar-refractivity contribution in [2.75, 3.05) is 6.54 Å². The molecule has 0 spiro atoms. The molecular weight excluding hydrogens is 246 g/mol. The molecule has 1 atom stereocenters. The molecule has 0 fully saturated rings. The molecule has 0 aliphatic carbocycles. The van der Waals surface area contributed by atoms with Gasteiger partial charge in [0.15, 0.2) is 0 Å². The molecule has 1 heterocycles. The molecule has 0 radical (unpaired) electrons. The summed E-state index contributed by atoms with van der Waals surface area (Å²) < 4.78 is 30.5. The standard InChI is InChI=1S/C10H15NO5S/c1-3-7(2)6-11-17(14,15)9-5-4-8(16-9)10(12)13/h4-5,7,11H,3,6H2,1-2H3,(H,12,13). The molecular formula is C10H15NO5S. The van der Waals surface area contributed by atoms with Crippen LogP contribution in [-0.2, 0) is 10.0 Å². The van der Waals surface area contributed by atoms with Crippen molar-refractivity contribution in [3.05, 3.63) is 17.9 Å². The zero-order chi connectivity index (χ0) is 13.1. The molecule has 1 unspecified atom stereocenters. The van der Waals surface area contributed by atoms with Gasteiger partial charge in [-0.25, -0.2) is 17.9 Å². The second-order valence-electron chi connectivity index (χ2n) is 3.79. The molecule has 1 aromatic rings. The van der Waals surface area contributed by atoms with Gasteiger partial charge >= 0.3 is 5.97 Å². The maximum atomic E-state index is 11.7. The number of carboxylic acids is 1. The first kappa shape index (κ1) is 13.7. The van der Waals surface area contributed by atoms with E-state index in [1.807, 2.05) is 13.8 Å². The lowest BCUT2D eigenvalue weighted by Crippen LogP contribution is -2.27. The fourth-order valence-electron chi connectivity index (χ4n) is 1.05. The summed E-state index contributed by atoms with van der Waals surface area (Å²) in [6.07, 6.45) is 0.848. The molecule has 0 saturated heterocycles. The molecule has 0 saturated carbocycles. The predicted octanol–water partition coefficient (Wildman–Crippen LogP) is 1.30. The third-order valence-corrected chi connectivity index (χ3v) is 3.67. The summed E-state index contributed by atoms with van der Waals surface area (Å²) in [7, 11) is -3.76.